The van der Waals surface area contributed by atoms with Crippen LogP contribution in [0.5, 0.6) is 11.5 Å². The van der Waals surface area contributed by atoms with Crippen molar-refractivity contribution in [2.75, 3.05) is 18.6 Å². The van der Waals surface area contributed by atoms with Crippen LogP contribution in [0.15, 0.2) is 42.5 Å². The number of para-hydroxylation sites is 1. The highest BCUT2D eigenvalue weighted by atomic mass is 32.1. The highest BCUT2D eigenvalue weighted by Gasteiger charge is 2.23. The molecule has 0 saturated heterocycles. The number of thiazole rings is 1. The van der Waals surface area contributed by atoms with E-state index in [4.69, 9.17) is 19.3 Å². The van der Waals surface area contributed by atoms with Gasteiger partial charge in [-0.3, -0.25) is 9.36 Å². The Bertz CT molecular complexity index is 1020. The Balaban J connectivity index is 1.76. The van der Waals surface area contributed by atoms with Crippen LogP contribution >= 0.6 is 18.9 Å². The topological polar surface area (TPSA) is 138 Å². The molecule has 0 aliphatic carbocycles. The number of rotatable bonds is 9. The Morgan fingerprint density at radius 3 is 2.66 bits per heavy atom. The van der Waals surface area contributed by atoms with E-state index >= 15 is 0 Å². The summed E-state index contributed by atoms with van der Waals surface area (Å²) < 4.78 is 22.9. The number of aliphatic hydroxyl groups excluding tert-OH is 1. The summed E-state index contributed by atoms with van der Waals surface area (Å²) in [6.45, 7) is 0. The van der Waals surface area contributed by atoms with Gasteiger partial charge in [0, 0.05) is 0 Å². The molecule has 0 bridgehead atoms. The fourth-order valence-electron chi connectivity index (χ4n) is 2.60. The van der Waals surface area contributed by atoms with Crippen molar-refractivity contribution in [1.29, 1.82) is 0 Å². The van der Waals surface area contributed by atoms with Gasteiger partial charge < -0.3 is 29.7 Å². The van der Waals surface area contributed by atoms with Crippen molar-refractivity contribution in [3.8, 4) is 11.5 Å². The summed E-state index contributed by atoms with van der Waals surface area (Å²) in [5.74, 6) is 0.413. The summed E-state index contributed by atoms with van der Waals surface area (Å²) in [7, 11) is -3.01. The maximum absolute atomic E-state index is 11.5. The zero-order valence-corrected chi connectivity index (χ0v) is 17.0. The minimum Gasteiger partial charge on any atom is -0.493 e. The van der Waals surface area contributed by atoms with E-state index in [9.17, 15) is 14.5 Å². The van der Waals surface area contributed by atoms with Gasteiger partial charge in [-0.1, -0.05) is 29.5 Å². The Hall–Kier alpha value is -2.49. The number of aromatic nitrogens is 1. The van der Waals surface area contributed by atoms with Crippen molar-refractivity contribution in [2.24, 2.45) is 0 Å². The van der Waals surface area contributed by atoms with Crippen LogP contribution in [0.3, 0.4) is 0 Å². The third-order valence-electron chi connectivity index (χ3n) is 3.92. The molecule has 0 radical (unpaired) electrons. The molecule has 0 aliphatic heterocycles. The lowest BCUT2D eigenvalue weighted by Crippen LogP contribution is -2.28. The van der Waals surface area contributed by atoms with Crippen LogP contribution in [-0.2, 0) is 9.36 Å². The third-order valence-corrected chi connectivity index (χ3v) is 5.71. The Morgan fingerprint density at radius 2 is 2.00 bits per heavy atom. The smallest absolute Gasteiger partial charge is 0.328 e. The van der Waals surface area contributed by atoms with Crippen LogP contribution in [0, 0.1) is 0 Å². The van der Waals surface area contributed by atoms with Gasteiger partial charge in [0.1, 0.15) is 0 Å². The van der Waals surface area contributed by atoms with Crippen molar-refractivity contribution in [3.05, 3.63) is 48.0 Å². The fraction of sp³-hybridized carbons (Fsp3) is 0.222. The number of carbonyl (C=O) groups excluding carboxylic acids is 1. The molecule has 2 unspecified atom stereocenters. The van der Waals surface area contributed by atoms with Gasteiger partial charge in [0.2, 0.25) is 6.23 Å². The number of hydrogen-bond donors (Lipinski definition) is 4. The number of aldehydes is 1. The lowest BCUT2D eigenvalue weighted by Gasteiger charge is -2.18. The number of aliphatic hydroxyl groups is 1. The normalized spacial score (nSPS) is 13.7. The van der Waals surface area contributed by atoms with E-state index in [0.717, 1.165) is 10.2 Å². The zero-order chi connectivity index (χ0) is 21.0. The molecule has 9 nitrogen and oxygen atoms in total. The average molecular weight is 438 g/mol. The lowest BCUT2D eigenvalue weighted by atomic mass is 10.1. The number of nitrogens with zero attached hydrogens (tertiary/aromatic N) is 1. The summed E-state index contributed by atoms with van der Waals surface area (Å²) in [4.78, 5) is 33.9. The first-order chi connectivity index (χ1) is 13.8. The van der Waals surface area contributed by atoms with Crippen LogP contribution in [0.4, 0.5) is 5.13 Å². The lowest BCUT2D eigenvalue weighted by molar-refractivity contribution is -0.112. The molecule has 11 heteroatoms. The summed E-state index contributed by atoms with van der Waals surface area (Å²) in [6.07, 6.45) is -2.56. The molecule has 2 atom stereocenters. The number of methoxy groups -OCH3 is 1. The van der Waals surface area contributed by atoms with Crippen LogP contribution in [0.1, 0.15) is 11.7 Å². The molecule has 0 saturated carbocycles. The van der Waals surface area contributed by atoms with Crippen molar-refractivity contribution >= 4 is 40.6 Å². The SMILES string of the molecule is COc1cc(C(O)CP(=O)(O)O)ccc1OC(C=O)Nc1nc2ccccc2s1. The minimum atomic E-state index is -4.39. The molecule has 2 aromatic carbocycles. The fourth-order valence-corrected chi connectivity index (χ4v) is 4.16. The molecule has 0 fully saturated rings. The van der Waals surface area contributed by atoms with Gasteiger partial charge in [-0.15, -0.1) is 0 Å². The molecule has 154 valence electrons. The van der Waals surface area contributed by atoms with E-state index in [2.05, 4.69) is 10.3 Å². The second-order valence-electron chi connectivity index (χ2n) is 6.08. The van der Waals surface area contributed by atoms with Gasteiger partial charge in [0.05, 0.1) is 29.6 Å². The van der Waals surface area contributed by atoms with Crippen LogP contribution in [0.2, 0.25) is 0 Å². The molecule has 4 N–H and O–H groups in total. The Labute approximate surface area is 170 Å². The summed E-state index contributed by atoms with van der Waals surface area (Å²) in [6, 6.07) is 11.8. The van der Waals surface area contributed by atoms with E-state index in [1.165, 1.54) is 36.6 Å². The predicted molar refractivity (Wildman–Crippen MR) is 109 cm³/mol. The van der Waals surface area contributed by atoms with Crippen LogP contribution < -0.4 is 14.8 Å². The molecule has 0 spiro atoms. The number of ether oxygens (including phenoxy) is 2. The van der Waals surface area contributed by atoms with Crippen molar-refractivity contribution in [2.45, 2.75) is 12.3 Å². The van der Waals surface area contributed by atoms with E-state index in [1.54, 1.807) is 0 Å². The van der Waals surface area contributed by atoms with Crippen molar-refractivity contribution in [3.63, 3.8) is 0 Å². The quantitative estimate of drug-likeness (QED) is 0.225. The maximum atomic E-state index is 11.5. The molecular formula is C18H19N2O7PS. The first-order valence-corrected chi connectivity index (χ1v) is 11.0. The number of hydrogen-bond acceptors (Lipinski definition) is 8. The summed E-state index contributed by atoms with van der Waals surface area (Å²) in [5.41, 5.74) is 1.05. The van der Waals surface area contributed by atoms with Crippen LogP contribution in [-0.4, -0.2) is 45.7 Å². The molecule has 29 heavy (non-hydrogen) atoms. The molecule has 3 aromatic rings. The van der Waals surface area contributed by atoms with Crippen molar-refractivity contribution in [1.82, 2.24) is 4.98 Å². The first-order valence-electron chi connectivity index (χ1n) is 8.43. The monoisotopic (exact) mass is 438 g/mol. The molecule has 1 aromatic heterocycles. The minimum absolute atomic E-state index is 0.199. The van der Waals surface area contributed by atoms with Gasteiger partial charge >= 0.3 is 7.60 Å². The van der Waals surface area contributed by atoms with E-state index in [-0.39, 0.29) is 17.1 Å². The summed E-state index contributed by atoms with van der Waals surface area (Å²) in [5, 5.41) is 13.4. The second-order valence-corrected chi connectivity index (χ2v) is 8.80. The molecule has 0 amide bonds. The zero-order valence-electron chi connectivity index (χ0n) is 15.3. The Kier molecular flexibility index (Phi) is 6.51. The number of anilines is 1. The standard InChI is InChI=1S/C18H19N2O7PS/c1-26-15-8-11(13(22)10-28(23,24)25)6-7-14(15)27-17(9-21)20-18-19-12-4-2-3-5-16(12)29-18/h2-9,13,17,22H,10H2,1H3,(H,19,20)(H2,23,24,25). The molecule has 3 rings (SSSR count). The van der Waals surface area contributed by atoms with E-state index in [1.807, 2.05) is 24.3 Å². The molecule has 0 aliphatic rings. The number of nitrogens with one attached hydrogen (secondary N) is 1. The number of benzene rings is 2. The predicted octanol–water partition coefficient (Wildman–Crippen LogP) is 2.53. The Morgan fingerprint density at radius 1 is 1.24 bits per heavy atom. The van der Waals surface area contributed by atoms with Gasteiger partial charge in [-0.05, 0) is 29.8 Å². The van der Waals surface area contributed by atoms with E-state index in [0.29, 0.717) is 11.4 Å². The van der Waals surface area contributed by atoms with Gasteiger partial charge in [-0.2, -0.15) is 0 Å². The first kappa shape index (κ1) is 21.2. The van der Waals surface area contributed by atoms with Crippen LogP contribution in [0.25, 0.3) is 10.2 Å². The maximum Gasteiger partial charge on any atom is 0.328 e. The largest absolute Gasteiger partial charge is 0.493 e. The number of fused-ring (bicyclic) bond motifs is 1. The van der Waals surface area contributed by atoms with E-state index < -0.39 is 26.1 Å². The summed E-state index contributed by atoms with van der Waals surface area (Å²) >= 11 is 1.37. The second kappa shape index (κ2) is 8.89. The van der Waals surface area contributed by atoms with Gasteiger partial charge in [0.25, 0.3) is 0 Å². The molecular weight excluding hydrogens is 419 g/mol. The number of carbonyl (C=O) groups is 1. The average Bonchev–Trinajstić information content (AvgIpc) is 3.08. The molecule has 1 heterocycles. The highest BCUT2D eigenvalue weighted by molar-refractivity contribution is 7.51. The van der Waals surface area contributed by atoms with Gasteiger partial charge in [0.15, 0.2) is 22.9 Å². The van der Waals surface area contributed by atoms with Crippen molar-refractivity contribution < 1.29 is 33.7 Å². The third kappa shape index (κ3) is 5.53. The van der Waals surface area contributed by atoms with Gasteiger partial charge in [-0.25, -0.2) is 4.98 Å². The highest BCUT2D eigenvalue weighted by Crippen LogP contribution is 2.40.